The Kier molecular flexibility index (Phi) is 7.52. The standard InChI is InChI=1S/C14H24FO3Si/c1-3-10-17-14(16,18-11-4-2)9-8-12-6-5-7-13(12)19-15/h5,7H,3-4,6,8-11,19H2,1-2H3. The van der Waals surface area contributed by atoms with Crippen LogP contribution in [0, 0.1) is 0 Å². The van der Waals surface area contributed by atoms with Crippen LogP contribution in [0.2, 0.25) is 0 Å². The normalized spacial score (nSPS) is 16.2. The third kappa shape index (κ3) is 5.56. The molecule has 109 valence electrons. The van der Waals surface area contributed by atoms with Crippen LogP contribution in [0.1, 0.15) is 46.0 Å². The monoisotopic (exact) mass is 287 g/mol. The summed E-state index contributed by atoms with van der Waals surface area (Å²) in [6, 6.07) is 0. The van der Waals surface area contributed by atoms with Gasteiger partial charge in [-0.1, -0.05) is 31.6 Å². The zero-order valence-electron chi connectivity index (χ0n) is 11.9. The highest BCUT2D eigenvalue weighted by Crippen LogP contribution is 2.27. The maximum atomic E-state index is 12.9. The lowest BCUT2D eigenvalue weighted by molar-refractivity contribution is -0.390. The van der Waals surface area contributed by atoms with Crippen molar-refractivity contribution in [2.24, 2.45) is 0 Å². The summed E-state index contributed by atoms with van der Waals surface area (Å²) >= 11 is 0. The van der Waals surface area contributed by atoms with E-state index >= 15 is 0 Å². The molecule has 0 aromatic rings. The SMILES string of the molecule is CCCOC([O])(CCC1=C([SiH2]F)C=CC1)OCCC. The van der Waals surface area contributed by atoms with Gasteiger partial charge in [0.25, 0.3) is 0 Å². The van der Waals surface area contributed by atoms with Crippen LogP contribution >= 0.6 is 0 Å². The topological polar surface area (TPSA) is 38.4 Å². The van der Waals surface area contributed by atoms with E-state index in [-0.39, 0.29) is 6.42 Å². The van der Waals surface area contributed by atoms with Gasteiger partial charge < -0.3 is 13.6 Å². The van der Waals surface area contributed by atoms with Gasteiger partial charge in [-0.05, 0) is 30.9 Å². The molecule has 1 aliphatic rings. The van der Waals surface area contributed by atoms with Crippen LogP contribution < -0.4 is 0 Å². The van der Waals surface area contributed by atoms with Crippen LogP contribution in [0.5, 0.6) is 0 Å². The number of ether oxygens (including phenoxy) is 2. The average molecular weight is 287 g/mol. The van der Waals surface area contributed by atoms with Crippen molar-refractivity contribution >= 4 is 9.85 Å². The second kappa shape index (κ2) is 8.63. The van der Waals surface area contributed by atoms with Gasteiger partial charge in [-0.2, -0.15) is 5.11 Å². The third-order valence-electron chi connectivity index (χ3n) is 3.07. The van der Waals surface area contributed by atoms with Gasteiger partial charge in [0.2, 0.25) is 9.85 Å². The Labute approximate surface area is 117 Å². The molecule has 0 saturated carbocycles. The van der Waals surface area contributed by atoms with Crippen molar-refractivity contribution < 1.29 is 18.7 Å². The molecular formula is C14H24FO3Si. The van der Waals surface area contributed by atoms with E-state index < -0.39 is 15.8 Å². The van der Waals surface area contributed by atoms with Crippen LogP contribution in [0.25, 0.3) is 0 Å². The van der Waals surface area contributed by atoms with Gasteiger partial charge >= 0.3 is 5.97 Å². The van der Waals surface area contributed by atoms with E-state index in [2.05, 4.69) is 0 Å². The minimum Gasteiger partial charge on any atom is -0.326 e. The molecule has 0 aromatic heterocycles. The van der Waals surface area contributed by atoms with Crippen LogP contribution in [0.15, 0.2) is 22.9 Å². The summed E-state index contributed by atoms with van der Waals surface area (Å²) in [5.41, 5.74) is 1.05. The number of halogens is 1. The second-order valence-corrected chi connectivity index (χ2v) is 5.78. The lowest BCUT2D eigenvalue weighted by atomic mass is 10.1. The van der Waals surface area contributed by atoms with Crippen molar-refractivity contribution in [1.29, 1.82) is 0 Å². The van der Waals surface area contributed by atoms with Gasteiger partial charge in [0, 0.05) is 6.42 Å². The highest BCUT2D eigenvalue weighted by molar-refractivity contribution is 6.39. The van der Waals surface area contributed by atoms with Gasteiger partial charge in [0.15, 0.2) is 0 Å². The first-order chi connectivity index (χ1) is 9.15. The Morgan fingerprint density at radius 3 is 2.47 bits per heavy atom. The summed E-state index contributed by atoms with van der Waals surface area (Å²) in [6.07, 6.45) is 6.97. The Bertz CT molecular complexity index is 321. The molecule has 0 fully saturated rings. The summed E-state index contributed by atoms with van der Waals surface area (Å²) < 4.78 is 23.5. The van der Waals surface area contributed by atoms with E-state index in [9.17, 15) is 9.21 Å². The van der Waals surface area contributed by atoms with Crippen LogP contribution in [-0.2, 0) is 14.6 Å². The number of hydrogen-bond donors (Lipinski definition) is 0. The summed E-state index contributed by atoms with van der Waals surface area (Å²) in [7, 11) is -1.64. The fourth-order valence-corrected chi connectivity index (χ4v) is 2.77. The predicted molar refractivity (Wildman–Crippen MR) is 75.6 cm³/mol. The first-order valence-corrected chi connectivity index (χ1v) is 8.31. The molecule has 19 heavy (non-hydrogen) atoms. The van der Waals surface area contributed by atoms with Gasteiger partial charge in [0.05, 0.1) is 13.2 Å². The quantitative estimate of drug-likeness (QED) is 0.352. The number of allylic oxidation sites excluding steroid dienone is 4. The Morgan fingerprint density at radius 1 is 1.32 bits per heavy atom. The maximum absolute atomic E-state index is 12.9. The summed E-state index contributed by atoms with van der Waals surface area (Å²) in [4.78, 5) is 0. The summed E-state index contributed by atoms with van der Waals surface area (Å²) in [6.45, 7) is 4.71. The van der Waals surface area contributed by atoms with Gasteiger partial charge in [-0.15, -0.1) is 0 Å². The van der Waals surface area contributed by atoms with Gasteiger partial charge in [0.1, 0.15) is 0 Å². The molecule has 0 N–H and O–H groups in total. The van der Waals surface area contributed by atoms with Crippen LogP contribution in [0.4, 0.5) is 4.11 Å². The zero-order chi connectivity index (χ0) is 14.1. The van der Waals surface area contributed by atoms with Crippen molar-refractivity contribution in [3.63, 3.8) is 0 Å². The van der Waals surface area contributed by atoms with Gasteiger partial charge in [-0.3, -0.25) is 0 Å². The maximum Gasteiger partial charge on any atom is 0.312 e. The molecule has 1 radical (unpaired) electrons. The largest absolute Gasteiger partial charge is 0.326 e. The molecule has 0 aliphatic heterocycles. The van der Waals surface area contributed by atoms with Crippen molar-refractivity contribution in [2.45, 2.75) is 51.9 Å². The second-order valence-electron chi connectivity index (χ2n) is 4.75. The zero-order valence-corrected chi connectivity index (χ0v) is 13.3. The van der Waals surface area contributed by atoms with E-state index in [0.29, 0.717) is 19.6 Å². The molecular weight excluding hydrogens is 263 g/mol. The average Bonchev–Trinajstić information content (AvgIpc) is 2.88. The molecule has 5 heteroatoms. The molecule has 1 aliphatic carbocycles. The lowest BCUT2D eigenvalue weighted by Gasteiger charge is -2.26. The minimum atomic E-state index is -1.77. The van der Waals surface area contributed by atoms with Crippen molar-refractivity contribution in [2.75, 3.05) is 13.2 Å². The molecule has 0 bridgehead atoms. The highest BCUT2D eigenvalue weighted by Gasteiger charge is 2.31. The van der Waals surface area contributed by atoms with Gasteiger partial charge in [-0.25, -0.2) is 0 Å². The molecule has 0 amide bonds. The molecule has 1 rings (SSSR count). The molecule has 0 aromatic carbocycles. The van der Waals surface area contributed by atoms with Crippen molar-refractivity contribution in [3.05, 3.63) is 22.9 Å². The van der Waals surface area contributed by atoms with Crippen LogP contribution in [-0.4, -0.2) is 29.0 Å². The number of hydrogen-bond acceptors (Lipinski definition) is 2. The summed E-state index contributed by atoms with van der Waals surface area (Å²) in [5.74, 6) is -1.77. The molecule has 0 heterocycles. The molecule has 0 unspecified atom stereocenters. The van der Waals surface area contributed by atoms with Crippen LogP contribution in [0.3, 0.4) is 0 Å². The van der Waals surface area contributed by atoms with E-state index in [4.69, 9.17) is 9.47 Å². The lowest BCUT2D eigenvalue weighted by Crippen LogP contribution is -2.35. The Balaban J connectivity index is 2.52. The summed E-state index contributed by atoms with van der Waals surface area (Å²) in [5, 5.41) is 13.2. The Hall–Kier alpha value is -0.493. The molecule has 0 atom stereocenters. The number of rotatable bonds is 10. The highest BCUT2D eigenvalue weighted by atomic mass is 28.3. The fourth-order valence-electron chi connectivity index (χ4n) is 2.00. The van der Waals surface area contributed by atoms with Crippen molar-refractivity contribution in [3.8, 4) is 0 Å². The Morgan fingerprint density at radius 2 is 1.95 bits per heavy atom. The first-order valence-electron chi connectivity index (χ1n) is 7.07. The van der Waals surface area contributed by atoms with E-state index in [1.54, 1.807) is 0 Å². The minimum absolute atomic E-state index is 0.252. The van der Waals surface area contributed by atoms with Crippen molar-refractivity contribution in [1.82, 2.24) is 0 Å². The van der Waals surface area contributed by atoms with E-state index in [1.807, 2.05) is 26.0 Å². The molecule has 0 spiro atoms. The third-order valence-corrected chi connectivity index (χ3v) is 4.09. The smallest absolute Gasteiger partial charge is 0.312 e. The molecule has 3 nitrogen and oxygen atoms in total. The predicted octanol–water partition coefficient (Wildman–Crippen LogP) is 2.97. The van der Waals surface area contributed by atoms with E-state index in [0.717, 1.165) is 30.0 Å². The van der Waals surface area contributed by atoms with E-state index in [1.165, 1.54) is 0 Å². The first kappa shape index (κ1) is 16.6. The fraction of sp³-hybridized carbons (Fsp3) is 0.714. The molecule has 0 saturated heterocycles.